The first-order valence-corrected chi connectivity index (χ1v) is 6.11. The molecule has 0 fully saturated rings. The maximum atomic E-state index is 4.51. The fraction of sp³-hybridized carbons (Fsp3) is 0.364. The lowest BCUT2D eigenvalue weighted by Gasteiger charge is -2.04. The zero-order valence-electron chi connectivity index (χ0n) is 9.40. The highest BCUT2D eigenvalue weighted by Crippen LogP contribution is 2.19. The molecular weight excluding hydrogens is 220 g/mol. The molecule has 16 heavy (non-hydrogen) atoms. The van der Waals surface area contributed by atoms with Crippen molar-refractivity contribution in [2.45, 2.75) is 20.4 Å². The number of rotatable bonds is 4. The van der Waals surface area contributed by atoms with Crippen LogP contribution in [0.25, 0.3) is 10.7 Å². The summed E-state index contributed by atoms with van der Waals surface area (Å²) in [4.78, 5) is 14.0. The molecule has 0 atom stereocenters. The van der Waals surface area contributed by atoms with E-state index in [1.165, 1.54) is 0 Å². The first kappa shape index (κ1) is 11.2. The van der Waals surface area contributed by atoms with Crippen LogP contribution in [-0.2, 0) is 6.54 Å². The average molecular weight is 234 g/mol. The summed E-state index contributed by atoms with van der Waals surface area (Å²) in [6.45, 7) is 5.80. The van der Waals surface area contributed by atoms with Crippen molar-refractivity contribution in [1.82, 2.24) is 20.3 Å². The topological polar surface area (TPSA) is 50.7 Å². The van der Waals surface area contributed by atoms with Crippen molar-refractivity contribution in [2.75, 3.05) is 6.54 Å². The van der Waals surface area contributed by atoms with Gasteiger partial charge in [-0.05, 0) is 19.5 Å². The van der Waals surface area contributed by atoms with Crippen LogP contribution in [0.1, 0.15) is 18.3 Å². The number of aromatic nitrogens is 3. The molecule has 1 N–H and O–H groups in total. The van der Waals surface area contributed by atoms with Gasteiger partial charge < -0.3 is 5.32 Å². The second-order valence-electron chi connectivity index (χ2n) is 3.47. The van der Waals surface area contributed by atoms with Crippen LogP contribution < -0.4 is 5.32 Å². The minimum atomic E-state index is 0.774. The van der Waals surface area contributed by atoms with E-state index in [1.54, 1.807) is 23.0 Å². The van der Waals surface area contributed by atoms with Gasteiger partial charge in [-0.15, -0.1) is 11.3 Å². The summed E-state index contributed by atoms with van der Waals surface area (Å²) in [5.41, 5.74) is 3.81. The predicted molar refractivity (Wildman–Crippen MR) is 65.3 cm³/mol. The molecule has 0 aliphatic rings. The van der Waals surface area contributed by atoms with E-state index in [4.69, 9.17) is 0 Å². The third-order valence-electron chi connectivity index (χ3n) is 2.12. The van der Waals surface area contributed by atoms with Crippen LogP contribution in [0.3, 0.4) is 0 Å². The normalized spacial score (nSPS) is 10.6. The molecule has 0 radical (unpaired) electrons. The van der Waals surface area contributed by atoms with Crippen LogP contribution in [0.5, 0.6) is 0 Å². The Kier molecular flexibility index (Phi) is 3.58. The lowest BCUT2D eigenvalue weighted by molar-refractivity contribution is 0.708. The van der Waals surface area contributed by atoms with E-state index < -0.39 is 0 Å². The summed E-state index contributed by atoms with van der Waals surface area (Å²) in [6, 6.07) is 2.01. The van der Waals surface area contributed by atoms with Crippen molar-refractivity contribution in [1.29, 1.82) is 0 Å². The molecule has 5 heteroatoms. The van der Waals surface area contributed by atoms with Crippen molar-refractivity contribution in [3.8, 4) is 10.7 Å². The average Bonchev–Trinajstić information content (AvgIpc) is 2.79. The van der Waals surface area contributed by atoms with Crippen molar-refractivity contribution in [3.05, 3.63) is 29.2 Å². The minimum Gasteiger partial charge on any atom is -0.311 e. The van der Waals surface area contributed by atoms with Gasteiger partial charge >= 0.3 is 0 Å². The number of aryl methyl sites for hydroxylation is 1. The van der Waals surface area contributed by atoms with Crippen molar-refractivity contribution >= 4 is 11.3 Å². The van der Waals surface area contributed by atoms with Gasteiger partial charge in [0.1, 0.15) is 0 Å². The molecule has 0 amide bonds. The zero-order valence-corrected chi connectivity index (χ0v) is 10.2. The second kappa shape index (κ2) is 5.14. The maximum absolute atomic E-state index is 4.51. The third-order valence-corrected chi connectivity index (χ3v) is 2.89. The van der Waals surface area contributed by atoms with E-state index in [0.29, 0.717) is 0 Å². The highest BCUT2D eigenvalue weighted by Gasteiger charge is 2.05. The Balaban J connectivity index is 2.29. The Morgan fingerprint density at radius 2 is 2.25 bits per heavy atom. The molecule has 0 aliphatic carbocycles. The molecule has 2 aromatic rings. The van der Waals surface area contributed by atoms with E-state index in [9.17, 15) is 0 Å². The first-order valence-electron chi connectivity index (χ1n) is 5.23. The summed E-state index contributed by atoms with van der Waals surface area (Å²) in [7, 11) is 0. The highest BCUT2D eigenvalue weighted by molar-refractivity contribution is 7.13. The molecule has 84 valence electrons. The second-order valence-corrected chi connectivity index (χ2v) is 4.36. The molecule has 0 saturated heterocycles. The fourth-order valence-electron chi connectivity index (χ4n) is 1.41. The van der Waals surface area contributed by atoms with Gasteiger partial charge in [0, 0.05) is 18.4 Å². The van der Waals surface area contributed by atoms with E-state index in [-0.39, 0.29) is 0 Å². The Labute approximate surface area is 98.8 Å². The van der Waals surface area contributed by atoms with E-state index in [1.807, 2.05) is 13.0 Å². The van der Waals surface area contributed by atoms with Crippen molar-refractivity contribution in [2.24, 2.45) is 0 Å². The monoisotopic (exact) mass is 234 g/mol. The fourth-order valence-corrected chi connectivity index (χ4v) is 1.97. The molecule has 0 aliphatic heterocycles. The number of nitrogens with one attached hydrogen (secondary N) is 1. The summed E-state index contributed by atoms with van der Waals surface area (Å²) < 4.78 is 0. The van der Waals surface area contributed by atoms with Gasteiger partial charge in [0.25, 0.3) is 0 Å². The number of hydrogen-bond acceptors (Lipinski definition) is 5. The van der Waals surface area contributed by atoms with E-state index in [0.717, 1.165) is 35.2 Å². The van der Waals surface area contributed by atoms with Crippen LogP contribution in [0.2, 0.25) is 0 Å². The summed E-state index contributed by atoms with van der Waals surface area (Å²) >= 11 is 1.56. The Hall–Kier alpha value is -1.33. The largest absolute Gasteiger partial charge is 0.311 e. The predicted octanol–water partition coefficient (Wildman–Crippen LogP) is 2.02. The smallest absolute Gasteiger partial charge is 0.171 e. The lowest BCUT2D eigenvalue weighted by atomic mass is 10.3. The minimum absolute atomic E-state index is 0.774. The zero-order chi connectivity index (χ0) is 11.4. The molecule has 0 aromatic carbocycles. The number of nitrogens with zero attached hydrogens (tertiary/aromatic N) is 3. The molecule has 0 unspecified atom stereocenters. The van der Waals surface area contributed by atoms with Crippen LogP contribution in [0.15, 0.2) is 17.8 Å². The summed E-state index contributed by atoms with van der Waals surface area (Å²) in [6.07, 6.45) is 1.80. The van der Waals surface area contributed by atoms with Crippen LogP contribution >= 0.6 is 11.3 Å². The summed E-state index contributed by atoms with van der Waals surface area (Å²) in [5, 5.41) is 3.26. The van der Waals surface area contributed by atoms with Crippen LogP contribution in [-0.4, -0.2) is 21.5 Å². The molecule has 2 heterocycles. The van der Waals surface area contributed by atoms with Gasteiger partial charge in [-0.3, -0.25) is 4.98 Å². The van der Waals surface area contributed by atoms with Gasteiger partial charge in [-0.2, -0.15) is 0 Å². The lowest BCUT2D eigenvalue weighted by Crippen LogP contribution is -2.13. The maximum Gasteiger partial charge on any atom is 0.171 e. The van der Waals surface area contributed by atoms with Gasteiger partial charge in [0.2, 0.25) is 0 Å². The third kappa shape index (κ3) is 2.62. The number of thiazole rings is 1. The molecule has 0 saturated carbocycles. The van der Waals surface area contributed by atoms with Crippen LogP contribution in [0, 0.1) is 6.92 Å². The standard InChI is InChI=1S/C11H14N4S/c1-3-12-5-9-4-8(2)14-11(15-9)10-6-13-7-16-10/h4,6-7,12H,3,5H2,1-2H3. The van der Waals surface area contributed by atoms with Gasteiger partial charge in [0.15, 0.2) is 5.82 Å². The number of hydrogen-bond donors (Lipinski definition) is 1. The molecule has 0 bridgehead atoms. The Bertz CT molecular complexity index is 453. The SMILES string of the molecule is CCNCc1cc(C)nc(-c2cncs2)n1. The van der Waals surface area contributed by atoms with E-state index in [2.05, 4.69) is 27.2 Å². The van der Waals surface area contributed by atoms with E-state index >= 15 is 0 Å². The molecule has 4 nitrogen and oxygen atoms in total. The quantitative estimate of drug-likeness (QED) is 0.879. The van der Waals surface area contributed by atoms with Crippen molar-refractivity contribution < 1.29 is 0 Å². The summed E-state index contributed by atoms with van der Waals surface area (Å²) in [5.74, 6) is 0.774. The molecular formula is C11H14N4S. The Morgan fingerprint density at radius 1 is 1.38 bits per heavy atom. The van der Waals surface area contributed by atoms with Crippen LogP contribution in [0.4, 0.5) is 0 Å². The molecule has 0 spiro atoms. The molecule has 2 aromatic heterocycles. The van der Waals surface area contributed by atoms with Gasteiger partial charge in [-0.25, -0.2) is 9.97 Å². The van der Waals surface area contributed by atoms with Gasteiger partial charge in [-0.1, -0.05) is 6.92 Å². The Morgan fingerprint density at radius 3 is 2.94 bits per heavy atom. The van der Waals surface area contributed by atoms with Gasteiger partial charge in [0.05, 0.1) is 16.1 Å². The highest BCUT2D eigenvalue weighted by atomic mass is 32.1. The first-order chi connectivity index (χ1) is 7.79. The van der Waals surface area contributed by atoms with Crippen molar-refractivity contribution in [3.63, 3.8) is 0 Å². The molecule has 2 rings (SSSR count).